The van der Waals surface area contributed by atoms with Crippen LogP contribution in [-0.2, 0) is 11.3 Å². The molecule has 2 aromatic heterocycles. The number of halogens is 2. The monoisotopic (exact) mass is 494 g/mol. The van der Waals surface area contributed by atoms with Crippen LogP contribution in [0.2, 0.25) is 10.0 Å². The van der Waals surface area contributed by atoms with Crippen LogP contribution >= 0.6 is 23.2 Å². The highest BCUT2D eigenvalue weighted by molar-refractivity contribution is 6.32. The van der Waals surface area contributed by atoms with E-state index in [0.717, 1.165) is 16.8 Å². The molecule has 0 aliphatic carbocycles. The van der Waals surface area contributed by atoms with Crippen molar-refractivity contribution >= 4 is 35.0 Å². The maximum Gasteiger partial charge on any atom is 0.316 e. The molecule has 33 heavy (non-hydrogen) atoms. The molecule has 0 bridgehead atoms. The molecule has 0 aliphatic heterocycles. The molecule has 0 saturated carbocycles. The number of ether oxygens (including phenoxy) is 1. The highest BCUT2D eigenvalue weighted by Crippen LogP contribution is 2.25. The Bertz CT molecular complexity index is 1150. The lowest BCUT2D eigenvalue weighted by atomic mass is 10.1. The molecule has 3 aromatic rings. The van der Waals surface area contributed by atoms with Crippen molar-refractivity contribution in [1.29, 1.82) is 0 Å². The maximum atomic E-state index is 12.2. The zero-order chi connectivity index (χ0) is 24.1. The summed E-state index contributed by atoms with van der Waals surface area (Å²) < 4.78 is 12.1. The molecule has 2 amide bonds. The van der Waals surface area contributed by atoms with Crippen LogP contribution in [0.15, 0.2) is 16.7 Å². The van der Waals surface area contributed by atoms with E-state index in [1.165, 1.54) is 0 Å². The minimum atomic E-state index is -0.544. The third kappa shape index (κ3) is 6.23. The van der Waals surface area contributed by atoms with Gasteiger partial charge in [-0.05, 0) is 51.0 Å². The number of carbonyl (C=O) groups is 2. The topological polar surface area (TPSA) is 124 Å². The molecule has 0 atom stereocenters. The van der Waals surface area contributed by atoms with Crippen molar-refractivity contribution in [2.24, 2.45) is 0 Å². The average molecular weight is 495 g/mol. The summed E-state index contributed by atoms with van der Waals surface area (Å²) in [5.74, 6) is -0.190. The summed E-state index contributed by atoms with van der Waals surface area (Å²) in [5.41, 5.74) is 3.21. The molecule has 12 heteroatoms. The van der Waals surface area contributed by atoms with E-state index < -0.39 is 5.91 Å². The molecular formula is C21H24Cl2N6O4. The Morgan fingerprint density at radius 3 is 2.36 bits per heavy atom. The molecule has 3 rings (SSSR count). The number of aryl methyl sites for hydroxylation is 3. The van der Waals surface area contributed by atoms with Crippen molar-refractivity contribution in [3.05, 3.63) is 56.4 Å². The van der Waals surface area contributed by atoms with Gasteiger partial charge in [-0.1, -0.05) is 28.4 Å². The first-order valence-corrected chi connectivity index (χ1v) is 10.9. The minimum Gasteiger partial charge on any atom is -0.484 e. The highest BCUT2D eigenvalue weighted by Gasteiger charge is 2.17. The van der Waals surface area contributed by atoms with Gasteiger partial charge in [0.05, 0.1) is 16.4 Å². The minimum absolute atomic E-state index is 0.155. The third-order valence-corrected chi connectivity index (χ3v) is 5.90. The number of nitrogens with one attached hydrogen (secondary N) is 2. The summed E-state index contributed by atoms with van der Waals surface area (Å²) in [7, 11) is 0. The molecule has 0 unspecified atom stereocenters. The molecular weight excluding hydrogens is 471 g/mol. The SMILES string of the molecule is Cc1cc(OCC(=O)NCCNC(=O)c2nc(Cn3nc(C)c(Cl)c3C)no2)cc(C)c1Cl. The van der Waals surface area contributed by atoms with E-state index >= 15 is 0 Å². The number of nitrogens with zero attached hydrogens (tertiary/aromatic N) is 4. The molecule has 0 fully saturated rings. The largest absolute Gasteiger partial charge is 0.484 e. The fourth-order valence-corrected chi connectivity index (χ4v) is 3.26. The Balaban J connectivity index is 1.40. The van der Waals surface area contributed by atoms with Gasteiger partial charge in [0.1, 0.15) is 12.3 Å². The van der Waals surface area contributed by atoms with Gasteiger partial charge in [-0.2, -0.15) is 10.1 Å². The van der Waals surface area contributed by atoms with Crippen LogP contribution in [0.3, 0.4) is 0 Å². The lowest BCUT2D eigenvalue weighted by Gasteiger charge is -2.10. The van der Waals surface area contributed by atoms with Crippen LogP contribution in [0, 0.1) is 27.7 Å². The normalized spacial score (nSPS) is 10.8. The van der Waals surface area contributed by atoms with Gasteiger partial charge >= 0.3 is 11.8 Å². The van der Waals surface area contributed by atoms with Gasteiger partial charge in [-0.3, -0.25) is 14.3 Å². The number of carbonyl (C=O) groups excluding carboxylic acids is 2. The lowest BCUT2D eigenvalue weighted by molar-refractivity contribution is -0.123. The predicted octanol–water partition coefficient (Wildman–Crippen LogP) is 2.78. The molecule has 2 N–H and O–H groups in total. The van der Waals surface area contributed by atoms with E-state index in [2.05, 4.69) is 25.9 Å². The zero-order valence-corrected chi connectivity index (χ0v) is 20.2. The molecule has 2 heterocycles. The molecule has 176 valence electrons. The van der Waals surface area contributed by atoms with E-state index in [9.17, 15) is 9.59 Å². The fraction of sp³-hybridized carbons (Fsp3) is 0.381. The smallest absolute Gasteiger partial charge is 0.316 e. The average Bonchev–Trinajstić information content (AvgIpc) is 3.34. The van der Waals surface area contributed by atoms with Gasteiger partial charge in [0.25, 0.3) is 5.91 Å². The molecule has 0 radical (unpaired) electrons. The van der Waals surface area contributed by atoms with Gasteiger partial charge in [-0.15, -0.1) is 0 Å². The van der Waals surface area contributed by atoms with Crippen LogP contribution < -0.4 is 15.4 Å². The summed E-state index contributed by atoms with van der Waals surface area (Å²) in [5, 5.41) is 14.6. The first-order valence-electron chi connectivity index (χ1n) is 10.1. The second-order valence-electron chi connectivity index (χ2n) is 7.42. The number of rotatable bonds is 9. The predicted molar refractivity (Wildman–Crippen MR) is 122 cm³/mol. The van der Waals surface area contributed by atoms with Gasteiger partial charge < -0.3 is 19.9 Å². The van der Waals surface area contributed by atoms with Crippen molar-refractivity contribution in [1.82, 2.24) is 30.6 Å². The van der Waals surface area contributed by atoms with Crippen LogP contribution in [-0.4, -0.2) is 51.4 Å². The Kier molecular flexibility index (Phi) is 7.93. The standard InChI is InChI=1S/C21H24Cl2N6O4/c1-11-7-15(8-12(2)18(11)22)32-10-17(30)24-5-6-25-20(31)21-26-16(28-33-21)9-29-14(4)19(23)13(3)27-29/h7-8H,5-6,9-10H2,1-4H3,(H,24,30)(H,25,31). The Hall–Kier alpha value is -3.11. The van der Waals surface area contributed by atoms with Gasteiger partial charge in [0.2, 0.25) is 0 Å². The summed E-state index contributed by atoms with van der Waals surface area (Å²) in [6.45, 7) is 7.81. The van der Waals surface area contributed by atoms with E-state index in [4.69, 9.17) is 32.5 Å². The first-order chi connectivity index (χ1) is 15.7. The third-order valence-electron chi connectivity index (χ3n) is 4.76. The van der Waals surface area contributed by atoms with Crippen LogP contribution in [0.4, 0.5) is 0 Å². The second-order valence-corrected chi connectivity index (χ2v) is 8.18. The van der Waals surface area contributed by atoms with Gasteiger partial charge in [-0.25, -0.2) is 0 Å². The summed E-state index contributed by atoms with van der Waals surface area (Å²) in [6, 6.07) is 3.54. The second kappa shape index (κ2) is 10.7. The highest BCUT2D eigenvalue weighted by atomic mass is 35.5. The Labute approximate surface area is 200 Å². The van der Waals surface area contributed by atoms with E-state index in [1.54, 1.807) is 23.7 Å². The number of hydrogen-bond donors (Lipinski definition) is 2. The molecule has 0 spiro atoms. The van der Waals surface area contributed by atoms with Crippen LogP contribution in [0.25, 0.3) is 0 Å². The van der Waals surface area contributed by atoms with E-state index in [1.807, 2.05) is 20.8 Å². The summed E-state index contributed by atoms with van der Waals surface area (Å²) >= 11 is 12.3. The van der Waals surface area contributed by atoms with E-state index in [-0.39, 0.29) is 38.0 Å². The van der Waals surface area contributed by atoms with Crippen molar-refractivity contribution in [3.8, 4) is 5.75 Å². The quantitative estimate of drug-likeness (QED) is 0.438. The summed E-state index contributed by atoms with van der Waals surface area (Å²) in [6.07, 6.45) is 0. The number of amides is 2. The van der Waals surface area contributed by atoms with Gasteiger partial charge in [0, 0.05) is 18.1 Å². The Morgan fingerprint density at radius 1 is 1.06 bits per heavy atom. The lowest BCUT2D eigenvalue weighted by Crippen LogP contribution is -2.36. The number of aromatic nitrogens is 4. The molecule has 1 aromatic carbocycles. The molecule has 0 saturated heterocycles. The summed E-state index contributed by atoms with van der Waals surface area (Å²) in [4.78, 5) is 28.2. The van der Waals surface area contributed by atoms with Crippen LogP contribution in [0.5, 0.6) is 5.75 Å². The zero-order valence-electron chi connectivity index (χ0n) is 18.7. The fourth-order valence-electron chi connectivity index (χ4n) is 3.02. The van der Waals surface area contributed by atoms with E-state index in [0.29, 0.717) is 27.3 Å². The Morgan fingerprint density at radius 2 is 1.73 bits per heavy atom. The van der Waals surface area contributed by atoms with Crippen molar-refractivity contribution in [3.63, 3.8) is 0 Å². The number of benzene rings is 1. The first kappa shape index (κ1) is 24.5. The van der Waals surface area contributed by atoms with Crippen molar-refractivity contribution < 1.29 is 18.8 Å². The molecule has 10 nitrogen and oxygen atoms in total. The maximum absolute atomic E-state index is 12.2. The molecule has 0 aliphatic rings. The van der Waals surface area contributed by atoms with Crippen molar-refractivity contribution in [2.45, 2.75) is 34.2 Å². The number of hydrogen-bond acceptors (Lipinski definition) is 7. The van der Waals surface area contributed by atoms with Crippen molar-refractivity contribution in [2.75, 3.05) is 19.7 Å². The van der Waals surface area contributed by atoms with Crippen LogP contribution in [0.1, 0.15) is 39.0 Å². The van der Waals surface area contributed by atoms with Gasteiger partial charge in [0.15, 0.2) is 12.4 Å².